The van der Waals surface area contributed by atoms with Gasteiger partial charge in [0.25, 0.3) is 0 Å². The summed E-state index contributed by atoms with van der Waals surface area (Å²) in [5, 5.41) is 7.30. The Morgan fingerprint density at radius 3 is 1.65 bits per heavy atom. The van der Waals surface area contributed by atoms with E-state index in [2.05, 4.69) is 199 Å². The van der Waals surface area contributed by atoms with Crippen LogP contribution in [0.4, 0.5) is 17.1 Å². The Bertz CT molecular complexity index is 3000. The molecule has 2 nitrogen and oxygen atoms in total. The van der Waals surface area contributed by atoms with Crippen LogP contribution in [0.15, 0.2) is 150 Å². The van der Waals surface area contributed by atoms with E-state index in [0.717, 1.165) is 39.0 Å². The van der Waals surface area contributed by atoms with E-state index < -0.39 is 0 Å². The summed E-state index contributed by atoms with van der Waals surface area (Å²) in [5.41, 5.74) is 16.8. The van der Waals surface area contributed by atoms with Gasteiger partial charge < -0.3 is 9.32 Å². The van der Waals surface area contributed by atoms with Crippen molar-refractivity contribution in [2.24, 2.45) is 0 Å². The van der Waals surface area contributed by atoms with Crippen LogP contribution in [0.3, 0.4) is 0 Å². The molecule has 0 amide bonds. The van der Waals surface area contributed by atoms with Crippen LogP contribution >= 0.6 is 0 Å². The normalized spacial score (nSPS) is 12.6. The van der Waals surface area contributed by atoms with Crippen molar-refractivity contribution in [3.63, 3.8) is 0 Å². The molecule has 0 saturated carbocycles. The molecule has 10 rings (SSSR count). The number of benzene rings is 8. The number of hydrogen-bond donors (Lipinski definition) is 0. The summed E-state index contributed by atoms with van der Waals surface area (Å²) < 4.78 is 6.92. The molecule has 268 valence electrons. The first-order valence-corrected chi connectivity index (χ1v) is 19.5. The summed E-state index contributed by atoms with van der Waals surface area (Å²) in [5.74, 6) is 0. The van der Waals surface area contributed by atoms with Gasteiger partial charge in [0.05, 0.1) is 5.69 Å². The molecule has 2 heteroatoms. The number of fused-ring (bicyclic) bond motifs is 9. The first kappa shape index (κ1) is 33.4. The number of nitrogens with zero attached hydrogens (tertiary/aromatic N) is 1. The number of furan rings is 1. The summed E-state index contributed by atoms with van der Waals surface area (Å²) in [6.07, 6.45) is 0. The van der Waals surface area contributed by atoms with Gasteiger partial charge in [-0.3, -0.25) is 0 Å². The minimum absolute atomic E-state index is 0.0469. The molecule has 1 heterocycles. The summed E-state index contributed by atoms with van der Waals surface area (Å²) in [6, 6.07) is 54.1. The lowest BCUT2D eigenvalue weighted by molar-refractivity contribution is 0.573. The fourth-order valence-electron chi connectivity index (χ4n) is 8.69. The maximum Gasteiger partial charge on any atom is 0.159 e. The smallest absolute Gasteiger partial charge is 0.159 e. The highest BCUT2D eigenvalue weighted by Crippen LogP contribution is 2.52. The lowest BCUT2D eigenvalue weighted by atomic mass is 9.77. The minimum atomic E-state index is -0.0469. The average Bonchev–Trinajstić information content (AvgIpc) is 3.56. The minimum Gasteiger partial charge on any atom is -0.454 e. The fraction of sp³-hybridized carbons (Fsp3) is 0.170. The molecule has 0 aliphatic heterocycles. The maximum absolute atomic E-state index is 6.92. The van der Waals surface area contributed by atoms with Gasteiger partial charge in [0.2, 0.25) is 0 Å². The zero-order chi connectivity index (χ0) is 37.8. The molecule has 0 atom stereocenters. The topological polar surface area (TPSA) is 16.4 Å². The van der Waals surface area contributed by atoms with Gasteiger partial charge in [-0.15, -0.1) is 0 Å². The Labute approximate surface area is 323 Å². The number of hydrogen-bond acceptors (Lipinski definition) is 2. The molecule has 1 aromatic heterocycles. The summed E-state index contributed by atoms with van der Waals surface area (Å²) >= 11 is 0. The van der Waals surface area contributed by atoms with Crippen molar-refractivity contribution in [1.29, 1.82) is 0 Å². The van der Waals surface area contributed by atoms with E-state index in [-0.39, 0.29) is 10.8 Å². The van der Waals surface area contributed by atoms with Gasteiger partial charge in [-0.05, 0) is 138 Å². The third-order valence-electron chi connectivity index (χ3n) is 11.8. The Kier molecular flexibility index (Phi) is 7.26. The highest BCUT2D eigenvalue weighted by Gasteiger charge is 2.27. The molecule has 55 heavy (non-hydrogen) atoms. The summed E-state index contributed by atoms with van der Waals surface area (Å²) in [7, 11) is 0. The van der Waals surface area contributed by atoms with Gasteiger partial charge in [-0.25, -0.2) is 0 Å². The predicted molar refractivity (Wildman–Crippen MR) is 235 cm³/mol. The monoisotopic (exact) mass is 711 g/mol. The first-order valence-electron chi connectivity index (χ1n) is 19.5. The quantitative estimate of drug-likeness (QED) is 0.181. The molecule has 0 fully saturated rings. The van der Waals surface area contributed by atoms with E-state index in [9.17, 15) is 0 Å². The lowest BCUT2D eigenvalue weighted by Gasteiger charge is -2.28. The SMILES string of the molecule is Cc1ccccc1N(c1ccc2cc3c(cc2c1)-c1cc2cc(-c4ccc(C(C)(C)C)cc4)ccc2cc1-3)c1cccc2c1oc1c(C(C)(C)C)cccc12. The fourth-order valence-corrected chi connectivity index (χ4v) is 8.69. The third kappa shape index (κ3) is 5.38. The van der Waals surface area contributed by atoms with Gasteiger partial charge in [0, 0.05) is 27.7 Å². The Morgan fingerprint density at radius 1 is 0.436 bits per heavy atom. The lowest BCUT2D eigenvalue weighted by Crippen LogP contribution is -2.11. The van der Waals surface area contributed by atoms with Crippen LogP contribution in [-0.4, -0.2) is 0 Å². The van der Waals surface area contributed by atoms with Gasteiger partial charge in [0.15, 0.2) is 5.58 Å². The number of aryl methyl sites for hydroxylation is 1. The molecule has 0 spiro atoms. The average molecular weight is 712 g/mol. The molecule has 0 N–H and O–H groups in total. The van der Waals surface area contributed by atoms with E-state index in [0.29, 0.717) is 0 Å². The molecule has 9 aromatic rings. The van der Waals surface area contributed by atoms with Crippen molar-refractivity contribution in [2.45, 2.75) is 59.3 Å². The van der Waals surface area contributed by atoms with Crippen LogP contribution in [-0.2, 0) is 10.8 Å². The highest BCUT2D eigenvalue weighted by molar-refractivity contribution is 6.14. The molecule has 1 aliphatic rings. The third-order valence-corrected chi connectivity index (χ3v) is 11.8. The first-order chi connectivity index (χ1) is 26.4. The number of rotatable bonds is 4. The Hall–Kier alpha value is -6.12. The molecular weight excluding hydrogens is 667 g/mol. The molecule has 1 aliphatic carbocycles. The van der Waals surface area contributed by atoms with E-state index in [1.807, 2.05) is 0 Å². The van der Waals surface area contributed by atoms with Gasteiger partial charge in [-0.2, -0.15) is 0 Å². The van der Waals surface area contributed by atoms with Crippen LogP contribution < -0.4 is 4.90 Å². The van der Waals surface area contributed by atoms with Crippen molar-refractivity contribution in [3.05, 3.63) is 162 Å². The van der Waals surface area contributed by atoms with Crippen LogP contribution in [0.5, 0.6) is 0 Å². The summed E-state index contributed by atoms with van der Waals surface area (Å²) in [4.78, 5) is 2.38. The molecule has 0 bridgehead atoms. The van der Waals surface area contributed by atoms with Gasteiger partial charge in [0.1, 0.15) is 5.58 Å². The molecule has 0 unspecified atom stereocenters. The van der Waals surface area contributed by atoms with Crippen molar-refractivity contribution in [2.75, 3.05) is 4.90 Å². The second kappa shape index (κ2) is 11.9. The van der Waals surface area contributed by atoms with Crippen molar-refractivity contribution < 1.29 is 4.42 Å². The van der Waals surface area contributed by atoms with Crippen molar-refractivity contribution in [3.8, 4) is 33.4 Å². The van der Waals surface area contributed by atoms with E-state index in [1.165, 1.54) is 71.6 Å². The number of para-hydroxylation sites is 3. The van der Waals surface area contributed by atoms with Crippen LogP contribution in [0.25, 0.3) is 76.9 Å². The van der Waals surface area contributed by atoms with Crippen molar-refractivity contribution in [1.82, 2.24) is 0 Å². The second-order valence-corrected chi connectivity index (χ2v) is 17.5. The predicted octanol–water partition coefficient (Wildman–Crippen LogP) is 15.6. The van der Waals surface area contributed by atoms with E-state index in [4.69, 9.17) is 4.42 Å². The standard InChI is InChI=1S/C53H45NO/c1-32-12-8-9-16-48(32)54(49-17-11-14-42-41-13-10-15-47(53(5,6)7)50(41)55-51(42)49)40-25-22-36-29-44-43-28-35-19-18-34(33-20-23-39(24-21-33)52(2,3)4)26-37(35)30-45(43)46(44)31-38(36)27-40/h8-31H,1-7H3. The van der Waals surface area contributed by atoms with Gasteiger partial charge >= 0.3 is 0 Å². The van der Waals surface area contributed by atoms with Crippen LogP contribution in [0, 0.1) is 6.92 Å². The maximum atomic E-state index is 6.92. The zero-order valence-corrected chi connectivity index (χ0v) is 32.7. The largest absolute Gasteiger partial charge is 0.454 e. The Balaban J connectivity index is 1.09. The number of anilines is 3. The molecule has 0 saturated heterocycles. The van der Waals surface area contributed by atoms with Crippen LogP contribution in [0.1, 0.15) is 58.2 Å². The van der Waals surface area contributed by atoms with Crippen LogP contribution in [0.2, 0.25) is 0 Å². The van der Waals surface area contributed by atoms with E-state index in [1.54, 1.807) is 0 Å². The summed E-state index contributed by atoms with van der Waals surface area (Å²) in [6.45, 7) is 15.8. The van der Waals surface area contributed by atoms with Gasteiger partial charge in [-0.1, -0.05) is 133 Å². The molecule has 0 radical (unpaired) electrons. The van der Waals surface area contributed by atoms with E-state index >= 15 is 0 Å². The molecular formula is C53H45NO. The Morgan fingerprint density at radius 2 is 1.00 bits per heavy atom. The van der Waals surface area contributed by atoms with Crippen molar-refractivity contribution >= 4 is 60.5 Å². The zero-order valence-electron chi connectivity index (χ0n) is 32.7. The second-order valence-electron chi connectivity index (χ2n) is 17.5. The molecule has 8 aromatic carbocycles. The highest BCUT2D eigenvalue weighted by atomic mass is 16.3.